The topological polar surface area (TPSA) is 56.8 Å². The minimum Gasteiger partial charge on any atom is -0.379 e. The van der Waals surface area contributed by atoms with Crippen LogP contribution in [0.1, 0.15) is 30.0 Å². The van der Waals surface area contributed by atoms with Crippen LogP contribution in [-0.2, 0) is 11.3 Å². The Morgan fingerprint density at radius 3 is 2.38 bits per heavy atom. The van der Waals surface area contributed by atoms with E-state index in [1.165, 1.54) is 17.7 Å². The molecule has 2 N–H and O–H groups in total. The first-order valence-corrected chi connectivity index (χ1v) is 11.6. The molecule has 2 amide bonds. The number of piperidine rings is 1. The molecule has 172 valence electrons. The van der Waals surface area contributed by atoms with E-state index in [1.54, 1.807) is 0 Å². The zero-order chi connectivity index (χ0) is 22.2. The van der Waals surface area contributed by atoms with Crippen LogP contribution in [0.3, 0.4) is 0 Å². The zero-order valence-corrected chi connectivity index (χ0v) is 18.5. The van der Waals surface area contributed by atoms with Crippen LogP contribution in [0, 0.1) is 5.82 Å². The molecule has 0 aliphatic carbocycles. The SMILES string of the molecule is O=C(NCC(c1ccccc1)N1CCOCC1)NC1CCN(Cc2ccc(F)cc2)CC1. The van der Waals surface area contributed by atoms with E-state index in [0.717, 1.165) is 64.3 Å². The van der Waals surface area contributed by atoms with Gasteiger partial charge in [-0.05, 0) is 36.1 Å². The summed E-state index contributed by atoms with van der Waals surface area (Å²) in [4.78, 5) is 17.4. The van der Waals surface area contributed by atoms with Gasteiger partial charge in [0.25, 0.3) is 0 Å². The Morgan fingerprint density at radius 2 is 1.69 bits per heavy atom. The number of nitrogens with zero attached hydrogens (tertiary/aromatic N) is 2. The highest BCUT2D eigenvalue weighted by Gasteiger charge is 2.24. The lowest BCUT2D eigenvalue weighted by Crippen LogP contribution is -2.50. The smallest absolute Gasteiger partial charge is 0.315 e. The van der Waals surface area contributed by atoms with Gasteiger partial charge in [0.1, 0.15) is 5.82 Å². The van der Waals surface area contributed by atoms with Crippen LogP contribution in [0.2, 0.25) is 0 Å². The van der Waals surface area contributed by atoms with Gasteiger partial charge < -0.3 is 15.4 Å². The monoisotopic (exact) mass is 440 g/mol. The summed E-state index contributed by atoms with van der Waals surface area (Å²) in [5, 5.41) is 6.25. The van der Waals surface area contributed by atoms with Crippen LogP contribution >= 0.6 is 0 Å². The largest absolute Gasteiger partial charge is 0.379 e. The number of rotatable bonds is 7. The van der Waals surface area contributed by atoms with Gasteiger partial charge in [0.2, 0.25) is 0 Å². The third kappa shape index (κ3) is 6.51. The average molecular weight is 441 g/mol. The average Bonchev–Trinajstić information content (AvgIpc) is 2.83. The van der Waals surface area contributed by atoms with Gasteiger partial charge in [-0.25, -0.2) is 9.18 Å². The van der Waals surface area contributed by atoms with Gasteiger partial charge in [0.15, 0.2) is 0 Å². The Bertz CT molecular complexity index is 835. The molecule has 0 spiro atoms. The Labute approximate surface area is 189 Å². The van der Waals surface area contributed by atoms with Crippen molar-refractivity contribution in [1.82, 2.24) is 20.4 Å². The predicted molar refractivity (Wildman–Crippen MR) is 123 cm³/mol. The highest BCUT2D eigenvalue weighted by Crippen LogP contribution is 2.21. The Balaban J connectivity index is 1.23. The van der Waals surface area contributed by atoms with Gasteiger partial charge in [0, 0.05) is 45.3 Å². The summed E-state index contributed by atoms with van der Waals surface area (Å²) >= 11 is 0. The second-order valence-electron chi connectivity index (χ2n) is 8.61. The van der Waals surface area contributed by atoms with Crippen molar-refractivity contribution in [2.45, 2.75) is 31.5 Å². The molecule has 2 fully saturated rings. The lowest BCUT2D eigenvalue weighted by atomic mass is 10.0. The molecule has 6 nitrogen and oxygen atoms in total. The summed E-state index contributed by atoms with van der Waals surface area (Å²) in [5.41, 5.74) is 2.33. The molecular weight excluding hydrogens is 407 g/mol. The summed E-state index contributed by atoms with van der Waals surface area (Å²) in [6.07, 6.45) is 1.83. The maximum atomic E-state index is 13.1. The van der Waals surface area contributed by atoms with Crippen molar-refractivity contribution in [3.63, 3.8) is 0 Å². The first-order valence-electron chi connectivity index (χ1n) is 11.6. The minimum absolute atomic E-state index is 0.101. The molecule has 2 aliphatic rings. The second kappa shape index (κ2) is 11.4. The quantitative estimate of drug-likeness (QED) is 0.695. The molecule has 0 radical (unpaired) electrons. The van der Waals surface area contributed by atoms with E-state index in [1.807, 2.05) is 30.3 Å². The summed E-state index contributed by atoms with van der Waals surface area (Å²) in [6, 6.07) is 17.3. The molecule has 4 rings (SSSR count). The van der Waals surface area contributed by atoms with Gasteiger partial charge in [-0.1, -0.05) is 42.5 Å². The molecule has 0 aromatic heterocycles. The number of halogens is 1. The molecule has 0 bridgehead atoms. The van der Waals surface area contributed by atoms with E-state index in [0.29, 0.717) is 6.54 Å². The number of hydrogen-bond donors (Lipinski definition) is 2. The van der Waals surface area contributed by atoms with Crippen LogP contribution in [0.15, 0.2) is 54.6 Å². The number of carbonyl (C=O) groups excluding carboxylic acids is 1. The van der Waals surface area contributed by atoms with E-state index >= 15 is 0 Å². The van der Waals surface area contributed by atoms with Gasteiger partial charge in [-0.2, -0.15) is 0 Å². The number of amides is 2. The highest BCUT2D eigenvalue weighted by molar-refractivity contribution is 5.74. The molecule has 32 heavy (non-hydrogen) atoms. The van der Waals surface area contributed by atoms with Crippen molar-refractivity contribution in [3.8, 4) is 0 Å². The molecule has 0 saturated carbocycles. The molecule has 1 unspecified atom stereocenters. The van der Waals surface area contributed by atoms with E-state index in [2.05, 4.69) is 32.6 Å². The standard InChI is InChI=1S/C25H33FN4O2/c26-22-8-6-20(7-9-22)19-29-12-10-23(11-13-29)28-25(31)27-18-24(21-4-2-1-3-5-21)30-14-16-32-17-15-30/h1-9,23-24H,10-19H2,(H2,27,28,31). The van der Waals surface area contributed by atoms with Crippen LogP contribution in [0.25, 0.3) is 0 Å². The van der Waals surface area contributed by atoms with E-state index in [-0.39, 0.29) is 23.9 Å². The summed E-state index contributed by atoms with van der Waals surface area (Å²) in [6.45, 7) is 6.42. The van der Waals surface area contributed by atoms with Crippen LogP contribution < -0.4 is 10.6 Å². The molecule has 2 aromatic rings. The Hall–Kier alpha value is -2.48. The first kappa shape index (κ1) is 22.7. The zero-order valence-electron chi connectivity index (χ0n) is 18.5. The fourth-order valence-electron chi connectivity index (χ4n) is 4.53. The van der Waals surface area contributed by atoms with Crippen molar-refractivity contribution in [1.29, 1.82) is 0 Å². The molecular formula is C25H33FN4O2. The van der Waals surface area contributed by atoms with Gasteiger partial charge in [-0.15, -0.1) is 0 Å². The first-order chi connectivity index (χ1) is 15.7. The van der Waals surface area contributed by atoms with E-state index in [4.69, 9.17) is 4.74 Å². The lowest BCUT2D eigenvalue weighted by Gasteiger charge is -2.35. The summed E-state index contributed by atoms with van der Waals surface area (Å²) in [5.74, 6) is -0.203. The number of ether oxygens (including phenoxy) is 1. The second-order valence-corrected chi connectivity index (χ2v) is 8.61. The molecule has 7 heteroatoms. The highest BCUT2D eigenvalue weighted by atomic mass is 19.1. The molecule has 2 saturated heterocycles. The van der Waals surface area contributed by atoms with Crippen molar-refractivity contribution in [2.24, 2.45) is 0 Å². The van der Waals surface area contributed by atoms with Crippen LogP contribution in [-0.4, -0.2) is 67.8 Å². The van der Waals surface area contributed by atoms with E-state index in [9.17, 15) is 9.18 Å². The van der Waals surface area contributed by atoms with Crippen molar-refractivity contribution in [2.75, 3.05) is 45.9 Å². The number of likely N-dealkylation sites (tertiary alicyclic amines) is 1. The number of nitrogens with one attached hydrogen (secondary N) is 2. The number of urea groups is 1. The van der Waals surface area contributed by atoms with Gasteiger partial charge in [0.05, 0.1) is 19.3 Å². The third-order valence-corrected chi connectivity index (χ3v) is 6.37. The minimum atomic E-state index is -0.203. The summed E-state index contributed by atoms with van der Waals surface area (Å²) < 4.78 is 18.6. The van der Waals surface area contributed by atoms with Crippen molar-refractivity contribution in [3.05, 3.63) is 71.5 Å². The normalized spacial score (nSPS) is 19.4. The maximum Gasteiger partial charge on any atom is 0.315 e. The fourth-order valence-corrected chi connectivity index (χ4v) is 4.53. The summed E-state index contributed by atoms with van der Waals surface area (Å²) in [7, 11) is 0. The van der Waals surface area contributed by atoms with Crippen LogP contribution in [0.4, 0.5) is 9.18 Å². The Kier molecular flexibility index (Phi) is 8.09. The number of morpholine rings is 1. The predicted octanol–water partition coefficient (Wildman–Crippen LogP) is 3.16. The molecule has 1 atom stereocenters. The molecule has 2 aliphatic heterocycles. The molecule has 2 aromatic carbocycles. The lowest BCUT2D eigenvalue weighted by molar-refractivity contribution is 0.0167. The maximum absolute atomic E-state index is 13.1. The van der Waals surface area contributed by atoms with Crippen molar-refractivity contribution < 1.29 is 13.9 Å². The van der Waals surface area contributed by atoms with Crippen molar-refractivity contribution >= 4 is 6.03 Å². The van der Waals surface area contributed by atoms with Gasteiger partial charge in [-0.3, -0.25) is 9.80 Å². The molecule has 2 heterocycles. The van der Waals surface area contributed by atoms with Gasteiger partial charge >= 0.3 is 6.03 Å². The number of carbonyl (C=O) groups is 1. The number of hydrogen-bond acceptors (Lipinski definition) is 4. The Morgan fingerprint density at radius 1 is 1.00 bits per heavy atom. The van der Waals surface area contributed by atoms with E-state index < -0.39 is 0 Å². The fraction of sp³-hybridized carbons (Fsp3) is 0.480. The van der Waals surface area contributed by atoms with Crippen LogP contribution in [0.5, 0.6) is 0 Å². The number of benzene rings is 2. The third-order valence-electron chi connectivity index (χ3n) is 6.37.